The SMILES string of the molecule is CCN1CCN(c2ccc(Nc3ncc(Cl)c(CCc4cccc5c4C(C)(C)C(=O)N5)n3)c(OC)c2)CC1. The molecule has 3 aromatic rings. The average molecular weight is 535 g/mol. The molecule has 8 nitrogen and oxygen atoms in total. The van der Waals surface area contributed by atoms with E-state index in [4.69, 9.17) is 21.3 Å². The van der Waals surface area contributed by atoms with Crippen molar-refractivity contribution in [3.63, 3.8) is 0 Å². The van der Waals surface area contributed by atoms with Crippen molar-refractivity contribution in [2.75, 3.05) is 55.4 Å². The largest absolute Gasteiger partial charge is 0.494 e. The Morgan fingerprint density at radius 2 is 1.92 bits per heavy atom. The third-order valence-corrected chi connectivity index (χ3v) is 7.97. The van der Waals surface area contributed by atoms with Gasteiger partial charge in [0.25, 0.3) is 0 Å². The van der Waals surface area contributed by atoms with Gasteiger partial charge in [-0.25, -0.2) is 9.97 Å². The number of aryl methyl sites for hydroxylation is 2. The average Bonchev–Trinajstić information content (AvgIpc) is 3.17. The second-order valence-electron chi connectivity index (χ2n) is 10.3. The maximum absolute atomic E-state index is 12.5. The van der Waals surface area contributed by atoms with Crippen molar-refractivity contribution in [2.45, 2.75) is 39.0 Å². The van der Waals surface area contributed by atoms with Crippen molar-refractivity contribution in [2.24, 2.45) is 0 Å². The van der Waals surface area contributed by atoms with E-state index < -0.39 is 5.41 Å². The van der Waals surface area contributed by atoms with Gasteiger partial charge in [0.2, 0.25) is 11.9 Å². The molecule has 1 amide bonds. The maximum atomic E-state index is 12.5. The Bertz CT molecular complexity index is 1340. The van der Waals surface area contributed by atoms with Gasteiger partial charge in [0.15, 0.2) is 0 Å². The number of carbonyl (C=O) groups excluding carboxylic acids is 1. The molecule has 9 heteroatoms. The van der Waals surface area contributed by atoms with Gasteiger partial charge in [0.05, 0.1) is 35.1 Å². The minimum atomic E-state index is -0.569. The highest BCUT2D eigenvalue weighted by atomic mass is 35.5. The molecule has 2 aliphatic rings. The highest BCUT2D eigenvalue weighted by Crippen LogP contribution is 2.40. The minimum Gasteiger partial charge on any atom is -0.494 e. The van der Waals surface area contributed by atoms with Crippen LogP contribution in [0.3, 0.4) is 0 Å². The van der Waals surface area contributed by atoms with E-state index in [1.165, 1.54) is 0 Å². The molecule has 0 aliphatic carbocycles. The van der Waals surface area contributed by atoms with Gasteiger partial charge in [-0.2, -0.15) is 0 Å². The Balaban J connectivity index is 1.31. The molecule has 0 unspecified atom stereocenters. The number of hydrogen-bond acceptors (Lipinski definition) is 7. The normalized spacial score (nSPS) is 16.8. The van der Waals surface area contributed by atoms with Crippen LogP contribution in [0.2, 0.25) is 5.02 Å². The second-order valence-corrected chi connectivity index (χ2v) is 10.7. The molecule has 3 heterocycles. The number of ether oxygens (including phenoxy) is 1. The van der Waals surface area contributed by atoms with Gasteiger partial charge in [-0.05, 0) is 62.6 Å². The Hall–Kier alpha value is -3.36. The minimum absolute atomic E-state index is 0.0229. The first kappa shape index (κ1) is 26.3. The van der Waals surface area contributed by atoms with Crippen LogP contribution in [0, 0.1) is 0 Å². The standard InChI is InChI=1S/C29H35ClN6O2/c1-5-35-13-15-36(16-14-35)20-10-12-23(25(17-20)38-4)34-28-31-18-21(30)22(33-28)11-9-19-7-6-8-24-26(19)29(2,3)27(37)32-24/h6-8,10,12,17-18H,5,9,11,13-16H2,1-4H3,(H,32,37)(H,31,33,34). The molecule has 2 aromatic carbocycles. The molecule has 0 saturated carbocycles. The number of benzene rings is 2. The fourth-order valence-electron chi connectivity index (χ4n) is 5.36. The van der Waals surface area contributed by atoms with Crippen LogP contribution in [0.25, 0.3) is 0 Å². The summed E-state index contributed by atoms with van der Waals surface area (Å²) >= 11 is 6.50. The topological polar surface area (TPSA) is 82.6 Å². The molecule has 5 rings (SSSR count). The van der Waals surface area contributed by atoms with E-state index in [1.807, 2.05) is 32.0 Å². The van der Waals surface area contributed by atoms with Crippen molar-refractivity contribution < 1.29 is 9.53 Å². The third kappa shape index (κ3) is 5.15. The quantitative estimate of drug-likeness (QED) is 0.419. The van der Waals surface area contributed by atoms with Crippen molar-refractivity contribution in [3.05, 3.63) is 64.4 Å². The van der Waals surface area contributed by atoms with Crippen molar-refractivity contribution in [3.8, 4) is 5.75 Å². The zero-order valence-corrected chi connectivity index (χ0v) is 23.2. The summed E-state index contributed by atoms with van der Waals surface area (Å²) in [7, 11) is 1.67. The lowest BCUT2D eigenvalue weighted by Crippen LogP contribution is -2.46. The highest BCUT2D eigenvalue weighted by molar-refractivity contribution is 6.31. The number of rotatable bonds is 8. The van der Waals surface area contributed by atoms with E-state index in [9.17, 15) is 4.79 Å². The highest BCUT2D eigenvalue weighted by Gasteiger charge is 2.39. The van der Waals surface area contributed by atoms with Gasteiger partial charge in [0.1, 0.15) is 5.75 Å². The lowest BCUT2D eigenvalue weighted by Gasteiger charge is -2.35. The molecule has 1 fully saturated rings. The first-order valence-corrected chi connectivity index (χ1v) is 13.6. The van der Waals surface area contributed by atoms with Crippen LogP contribution >= 0.6 is 11.6 Å². The molecular formula is C29H35ClN6O2. The van der Waals surface area contributed by atoms with E-state index in [2.05, 4.69) is 50.5 Å². The van der Waals surface area contributed by atoms with Crippen LogP contribution in [0.15, 0.2) is 42.6 Å². The van der Waals surface area contributed by atoms with Gasteiger partial charge >= 0.3 is 0 Å². The Morgan fingerprint density at radius 1 is 1.13 bits per heavy atom. The van der Waals surface area contributed by atoms with E-state index >= 15 is 0 Å². The number of aromatic nitrogens is 2. The van der Waals surface area contributed by atoms with E-state index in [1.54, 1.807) is 13.3 Å². The van der Waals surface area contributed by atoms with Crippen LogP contribution in [-0.4, -0.2) is 60.6 Å². The van der Waals surface area contributed by atoms with Crippen LogP contribution in [0.5, 0.6) is 5.75 Å². The van der Waals surface area contributed by atoms with Crippen molar-refractivity contribution in [1.82, 2.24) is 14.9 Å². The summed E-state index contributed by atoms with van der Waals surface area (Å²) < 4.78 is 5.71. The molecular weight excluding hydrogens is 500 g/mol. The number of amides is 1. The Kier molecular flexibility index (Phi) is 7.45. The molecule has 1 saturated heterocycles. The van der Waals surface area contributed by atoms with Crippen molar-refractivity contribution in [1.29, 1.82) is 0 Å². The number of methoxy groups -OCH3 is 1. The summed E-state index contributed by atoms with van der Waals surface area (Å²) in [5.74, 6) is 1.22. The maximum Gasteiger partial charge on any atom is 0.234 e. The molecule has 0 bridgehead atoms. The fourth-order valence-corrected chi connectivity index (χ4v) is 5.54. The van der Waals surface area contributed by atoms with Crippen LogP contribution in [-0.2, 0) is 23.1 Å². The van der Waals surface area contributed by atoms with Gasteiger partial charge in [-0.15, -0.1) is 0 Å². The number of carbonyl (C=O) groups is 1. The molecule has 2 N–H and O–H groups in total. The summed E-state index contributed by atoms with van der Waals surface area (Å²) in [4.78, 5) is 26.4. The summed E-state index contributed by atoms with van der Waals surface area (Å²) in [6.07, 6.45) is 2.96. The second kappa shape index (κ2) is 10.8. The number of piperazine rings is 1. The van der Waals surface area contributed by atoms with E-state index in [-0.39, 0.29) is 5.91 Å². The van der Waals surface area contributed by atoms with Gasteiger partial charge in [0, 0.05) is 43.6 Å². The molecule has 200 valence electrons. The Morgan fingerprint density at radius 3 is 2.66 bits per heavy atom. The van der Waals surface area contributed by atoms with Crippen LogP contribution in [0.4, 0.5) is 23.0 Å². The summed E-state index contributed by atoms with van der Waals surface area (Å²) in [5.41, 5.74) is 5.18. The molecule has 38 heavy (non-hydrogen) atoms. The summed E-state index contributed by atoms with van der Waals surface area (Å²) in [6, 6.07) is 12.2. The van der Waals surface area contributed by atoms with Gasteiger partial charge in [-0.3, -0.25) is 4.79 Å². The first-order valence-electron chi connectivity index (χ1n) is 13.2. The summed E-state index contributed by atoms with van der Waals surface area (Å²) in [6.45, 7) is 11.3. The summed E-state index contributed by atoms with van der Waals surface area (Å²) in [5, 5.41) is 6.82. The Labute approximate surface area is 229 Å². The fraction of sp³-hybridized carbons (Fsp3) is 0.414. The first-order chi connectivity index (χ1) is 18.3. The number of nitrogens with zero attached hydrogens (tertiary/aromatic N) is 4. The number of halogens is 1. The number of likely N-dealkylation sites (N-methyl/N-ethyl adjacent to an activating group) is 1. The lowest BCUT2D eigenvalue weighted by atomic mass is 9.82. The molecule has 1 aromatic heterocycles. The van der Waals surface area contributed by atoms with Gasteiger partial charge in [-0.1, -0.05) is 30.7 Å². The molecule has 2 aliphatic heterocycles. The van der Waals surface area contributed by atoms with E-state index in [0.29, 0.717) is 23.8 Å². The van der Waals surface area contributed by atoms with Crippen LogP contribution in [0.1, 0.15) is 37.6 Å². The monoisotopic (exact) mass is 534 g/mol. The zero-order chi connectivity index (χ0) is 26.9. The zero-order valence-electron chi connectivity index (χ0n) is 22.5. The van der Waals surface area contributed by atoms with E-state index in [0.717, 1.165) is 72.4 Å². The number of anilines is 4. The smallest absolute Gasteiger partial charge is 0.234 e. The van der Waals surface area contributed by atoms with Crippen molar-refractivity contribution >= 4 is 40.5 Å². The number of fused-ring (bicyclic) bond motifs is 1. The predicted molar refractivity (Wildman–Crippen MR) is 153 cm³/mol. The lowest BCUT2D eigenvalue weighted by molar-refractivity contribution is -0.119. The molecule has 0 radical (unpaired) electrons. The number of nitrogens with one attached hydrogen (secondary N) is 2. The number of hydrogen-bond donors (Lipinski definition) is 2. The molecule has 0 atom stereocenters. The molecule has 0 spiro atoms. The predicted octanol–water partition coefficient (Wildman–Crippen LogP) is 5.04. The van der Waals surface area contributed by atoms with Crippen LogP contribution < -0.4 is 20.3 Å². The third-order valence-electron chi connectivity index (χ3n) is 7.66. The van der Waals surface area contributed by atoms with Gasteiger partial charge < -0.3 is 25.2 Å².